The Labute approximate surface area is 138 Å². The average Bonchev–Trinajstić information content (AvgIpc) is 2.51. The van der Waals surface area contributed by atoms with Crippen molar-refractivity contribution in [2.24, 2.45) is 0 Å². The molecule has 0 saturated carbocycles. The lowest BCUT2D eigenvalue weighted by Crippen LogP contribution is -2.20. The first-order chi connectivity index (χ1) is 10.9. The minimum Gasteiger partial charge on any atom is -0.508 e. The Morgan fingerprint density at radius 3 is 1.91 bits per heavy atom. The van der Waals surface area contributed by atoms with Gasteiger partial charge in [0.15, 0.2) is 0 Å². The van der Waals surface area contributed by atoms with Crippen LogP contribution in [0.4, 0.5) is 0 Å². The van der Waals surface area contributed by atoms with Gasteiger partial charge in [0, 0.05) is 11.0 Å². The van der Waals surface area contributed by atoms with Crippen LogP contribution < -0.4 is 0 Å². The molecule has 0 radical (unpaired) electrons. The molecular formula is C21H24O2. The minimum atomic E-state index is -0.257. The van der Waals surface area contributed by atoms with Gasteiger partial charge in [-0.15, -0.1) is 0 Å². The van der Waals surface area contributed by atoms with Crippen LogP contribution in [0, 0.1) is 0 Å². The van der Waals surface area contributed by atoms with Crippen LogP contribution in [0.5, 0.6) is 11.5 Å². The average molecular weight is 308 g/mol. The van der Waals surface area contributed by atoms with E-state index in [1.807, 2.05) is 56.4 Å². The van der Waals surface area contributed by atoms with Crippen LogP contribution in [-0.4, -0.2) is 10.2 Å². The van der Waals surface area contributed by atoms with Gasteiger partial charge in [0.2, 0.25) is 0 Å². The molecule has 0 saturated heterocycles. The second kappa shape index (κ2) is 6.74. The first-order valence-corrected chi connectivity index (χ1v) is 7.83. The van der Waals surface area contributed by atoms with Gasteiger partial charge >= 0.3 is 0 Å². The third kappa shape index (κ3) is 3.31. The first kappa shape index (κ1) is 16.9. The third-order valence-corrected chi connectivity index (χ3v) is 4.19. The van der Waals surface area contributed by atoms with Crippen molar-refractivity contribution >= 4 is 12.2 Å². The van der Waals surface area contributed by atoms with Crippen molar-refractivity contribution in [2.45, 2.75) is 33.1 Å². The van der Waals surface area contributed by atoms with E-state index in [-0.39, 0.29) is 16.9 Å². The fourth-order valence-corrected chi connectivity index (χ4v) is 2.89. The Morgan fingerprint density at radius 2 is 1.35 bits per heavy atom. The molecule has 2 aromatic rings. The van der Waals surface area contributed by atoms with Gasteiger partial charge in [-0.2, -0.15) is 0 Å². The maximum Gasteiger partial charge on any atom is 0.123 e. The Bertz CT molecular complexity index is 735. The summed E-state index contributed by atoms with van der Waals surface area (Å²) in [5.41, 5.74) is 3.83. The fourth-order valence-electron chi connectivity index (χ4n) is 2.89. The van der Waals surface area contributed by atoms with Crippen molar-refractivity contribution in [1.82, 2.24) is 0 Å². The molecule has 120 valence electrons. The second-order valence-electron chi connectivity index (χ2n) is 6.13. The fraction of sp³-hybridized carbons (Fsp3) is 0.238. The summed E-state index contributed by atoms with van der Waals surface area (Å²) in [7, 11) is 0. The summed E-state index contributed by atoms with van der Waals surface area (Å²) < 4.78 is 0. The monoisotopic (exact) mass is 308 g/mol. The highest BCUT2D eigenvalue weighted by Gasteiger charge is 2.27. The van der Waals surface area contributed by atoms with Crippen molar-refractivity contribution in [3.05, 3.63) is 70.8 Å². The zero-order valence-electron chi connectivity index (χ0n) is 14.2. The number of hydrogen-bond acceptors (Lipinski definition) is 2. The van der Waals surface area contributed by atoms with E-state index in [2.05, 4.69) is 13.8 Å². The van der Waals surface area contributed by atoms with Crippen molar-refractivity contribution in [1.29, 1.82) is 0 Å². The van der Waals surface area contributed by atoms with Crippen molar-refractivity contribution < 1.29 is 10.2 Å². The summed E-state index contributed by atoms with van der Waals surface area (Å²) >= 11 is 0. The van der Waals surface area contributed by atoms with Crippen LogP contribution in [-0.2, 0) is 5.41 Å². The van der Waals surface area contributed by atoms with Gasteiger partial charge in [-0.1, -0.05) is 56.4 Å². The molecule has 0 bridgehead atoms. The van der Waals surface area contributed by atoms with E-state index < -0.39 is 0 Å². The maximum absolute atomic E-state index is 10.2. The molecule has 0 heterocycles. The highest BCUT2D eigenvalue weighted by molar-refractivity contribution is 5.73. The Morgan fingerprint density at radius 1 is 0.783 bits per heavy atom. The SMILES string of the molecule is CC=Cc1c(O)ccc(C(C)(C)c2ccc(O)cc2)c1C=CC. The van der Waals surface area contributed by atoms with Crippen molar-refractivity contribution in [3.8, 4) is 11.5 Å². The Hall–Kier alpha value is -2.48. The molecule has 2 N–H and O–H groups in total. The van der Waals surface area contributed by atoms with Gasteiger partial charge in [0.1, 0.15) is 11.5 Å². The van der Waals surface area contributed by atoms with Gasteiger partial charge in [-0.3, -0.25) is 0 Å². The van der Waals surface area contributed by atoms with Crippen LogP contribution in [0.25, 0.3) is 12.2 Å². The molecule has 0 aromatic heterocycles. The highest BCUT2D eigenvalue weighted by atomic mass is 16.3. The lowest BCUT2D eigenvalue weighted by atomic mass is 9.75. The zero-order valence-corrected chi connectivity index (χ0v) is 14.2. The van der Waals surface area contributed by atoms with Crippen molar-refractivity contribution in [2.75, 3.05) is 0 Å². The molecule has 0 aliphatic heterocycles. The van der Waals surface area contributed by atoms with E-state index >= 15 is 0 Å². The summed E-state index contributed by atoms with van der Waals surface area (Å²) in [5, 5.41) is 19.8. The molecule has 0 atom stereocenters. The van der Waals surface area contributed by atoms with E-state index in [0.29, 0.717) is 0 Å². The van der Waals surface area contributed by atoms with Gasteiger partial charge in [-0.05, 0) is 48.7 Å². The number of benzene rings is 2. The number of rotatable bonds is 4. The van der Waals surface area contributed by atoms with Crippen LogP contribution in [0.15, 0.2) is 48.6 Å². The lowest BCUT2D eigenvalue weighted by Gasteiger charge is -2.29. The molecular weight excluding hydrogens is 284 g/mol. The number of phenols is 2. The van der Waals surface area contributed by atoms with Gasteiger partial charge in [0.05, 0.1) is 0 Å². The molecule has 0 amide bonds. The molecule has 2 heteroatoms. The predicted molar refractivity (Wildman–Crippen MR) is 97.8 cm³/mol. The van der Waals surface area contributed by atoms with E-state index in [1.165, 1.54) is 0 Å². The molecule has 23 heavy (non-hydrogen) atoms. The van der Waals surface area contributed by atoms with Crippen LogP contribution in [0.1, 0.15) is 49.9 Å². The molecule has 0 unspecified atom stereocenters. The molecule has 2 aromatic carbocycles. The number of phenolic OH excluding ortho intramolecular Hbond substituents is 2. The maximum atomic E-state index is 10.2. The molecule has 0 aliphatic carbocycles. The number of allylic oxidation sites excluding steroid dienone is 2. The summed E-state index contributed by atoms with van der Waals surface area (Å²) in [6.07, 6.45) is 7.88. The molecule has 2 nitrogen and oxygen atoms in total. The Balaban J connectivity index is 2.70. The topological polar surface area (TPSA) is 40.5 Å². The molecule has 0 fully saturated rings. The normalized spacial score (nSPS) is 12.3. The number of aromatic hydroxyl groups is 2. The first-order valence-electron chi connectivity index (χ1n) is 7.83. The van der Waals surface area contributed by atoms with E-state index in [0.717, 1.165) is 22.3 Å². The molecule has 0 aliphatic rings. The van der Waals surface area contributed by atoms with E-state index in [4.69, 9.17) is 0 Å². The quantitative estimate of drug-likeness (QED) is 0.784. The third-order valence-electron chi connectivity index (χ3n) is 4.19. The summed E-state index contributed by atoms with van der Waals surface area (Å²) in [6, 6.07) is 11.0. The van der Waals surface area contributed by atoms with Crippen molar-refractivity contribution in [3.63, 3.8) is 0 Å². The summed E-state index contributed by atoms with van der Waals surface area (Å²) in [4.78, 5) is 0. The predicted octanol–water partition coefficient (Wildman–Crippen LogP) is 5.49. The van der Waals surface area contributed by atoms with Crippen LogP contribution >= 0.6 is 0 Å². The summed E-state index contributed by atoms with van der Waals surface area (Å²) in [6.45, 7) is 8.22. The molecule has 2 rings (SSSR count). The summed E-state index contributed by atoms with van der Waals surface area (Å²) in [5.74, 6) is 0.542. The van der Waals surface area contributed by atoms with Gasteiger partial charge in [-0.25, -0.2) is 0 Å². The van der Waals surface area contributed by atoms with E-state index in [9.17, 15) is 10.2 Å². The van der Waals surface area contributed by atoms with Crippen LogP contribution in [0.2, 0.25) is 0 Å². The minimum absolute atomic E-state index is 0.257. The molecule has 0 spiro atoms. The van der Waals surface area contributed by atoms with E-state index in [1.54, 1.807) is 18.2 Å². The highest BCUT2D eigenvalue weighted by Crippen LogP contribution is 2.39. The Kier molecular flexibility index (Phi) is 4.95. The lowest BCUT2D eigenvalue weighted by molar-refractivity contribution is 0.472. The van der Waals surface area contributed by atoms with Gasteiger partial charge in [0.25, 0.3) is 0 Å². The standard InChI is InChI=1S/C21H24O2/c1-5-7-17-18(8-6-2)20(23)14-13-19(17)21(3,4)15-9-11-16(22)12-10-15/h5-14,22-23H,1-4H3. The van der Waals surface area contributed by atoms with Crippen LogP contribution in [0.3, 0.4) is 0 Å². The smallest absolute Gasteiger partial charge is 0.123 e. The second-order valence-corrected chi connectivity index (χ2v) is 6.13. The zero-order chi connectivity index (χ0) is 17.0. The number of hydrogen-bond donors (Lipinski definition) is 2. The largest absolute Gasteiger partial charge is 0.508 e. The van der Waals surface area contributed by atoms with Gasteiger partial charge < -0.3 is 10.2 Å².